The van der Waals surface area contributed by atoms with Gasteiger partial charge in [-0.3, -0.25) is 19.1 Å². The Kier molecular flexibility index (Phi) is 10.3. The third kappa shape index (κ3) is 7.67. The van der Waals surface area contributed by atoms with Crippen molar-refractivity contribution in [2.45, 2.75) is 72.4 Å². The summed E-state index contributed by atoms with van der Waals surface area (Å²) in [5.74, 6) is -2.63. The number of nitrogens with one attached hydrogen (secondary N) is 3. The molecule has 2 aromatic carbocycles. The molecule has 6 rings (SSSR count). The predicted molar refractivity (Wildman–Crippen MR) is 197 cm³/mol. The van der Waals surface area contributed by atoms with Crippen molar-refractivity contribution < 1.29 is 42.2 Å². The van der Waals surface area contributed by atoms with Gasteiger partial charge in [0.15, 0.2) is 0 Å². The molecule has 5 atom stereocenters. The van der Waals surface area contributed by atoms with Crippen molar-refractivity contribution in [3.63, 3.8) is 0 Å². The van der Waals surface area contributed by atoms with E-state index in [4.69, 9.17) is 21.1 Å². The number of amides is 3. The predicted octanol–water partition coefficient (Wildman–Crippen LogP) is 3.75. The van der Waals surface area contributed by atoms with Gasteiger partial charge in [0.05, 0.1) is 30.7 Å². The topological polar surface area (TPSA) is 193 Å². The average molecular weight is 854 g/mol. The van der Waals surface area contributed by atoms with Crippen LogP contribution in [-0.4, -0.2) is 93.7 Å². The number of carbonyl (C=O) groups is 4. The zero-order valence-corrected chi connectivity index (χ0v) is 31.6. The number of hydrogen-bond acceptors (Lipinski definition) is 10. The van der Waals surface area contributed by atoms with E-state index in [1.54, 1.807) is 30.3 Å². The number of sulfonamides is 1. The second kappa shape index (κ2) is 14.3. The maximum atomic E-state index is 14.4. The fraction of sp³-hybridized carbons (Fsp3) is 0.441. The van der Waals surface area contributed by atoms with E-state index in [1.165, 1.54) is 30.3 Å². The number of hydrogen-bond donors (Lipinski definition) is 4. The Hall–Kier alpha value is -3.90. The number of carbonyl (C=O) groups excluding carboxylic acids is 3. The van der Waals surface area contributed by atoms with E-state index >= 15 is 0 Å². The first kappa shape index (κ1) is 36.9. The number of alkyl halides is 1. The quantitative estimate of drug-likeness (QED) is 0.145. The third-order valence-corrected chi connectivity index (χ3v) is 12.9. The summed E-state index contributed by atoms with van der Waals surface area (Å²) in [4.78, 5) is 59.4. The minimum absolute atomic E-state index is 0.0244. The van der Waals surface area contributed by atoms with Crippen molar-refractivity contribution in [1.29, 1.82) is 0 Å². The van der Waals surface area contributed by atoms with E-state index in [-0.39, 0.29) is 40.7 Å². The minimum atomic E-state index is -3.87. The van der Waals surface area contributed by atoms with Gasteiger partial charge in [-0.05, 0) is 61.6 Å². The Morgan fingerprint density at radius 3 is 2.47 bits per heavy atom. The van der Waals surface area contributed by atoms with Gasteiger partial charge < -0.3 is 30.1 Å². The van der Waals surface area contributed by atoms with Crippen LogP contribution < -0.4 is 24.8 Å². The van der Waals surface area contributed by atoms with Crippen LogP contribution in [0.1, 0.15) is 49.9 Å². The highest BCUT2D eigenvalue weighted by Gasteiger charge is 2.62. The lowest BCUT2D eigenvalue weighted by Gasteiger charge is -2.31. The molecule has 17 heteroatoms. The summed E-state index contributed by atoms with van der Waals surface area (Å²) < 4.78 is 38.8. The highest BCUT2D eigenvalue weighted by Crippen LogP contribution is 2.44. The normalized spacial score (nSPS) is 23.4. The molecule has 1 aliphatic heterocycles. The van der Waals surface area contributed by atoms with Gasteiger partial charge in [-0.1, -0.05) is 54.1 Å². The summed E-state index contributed by atoms with van der Waals surface area (Å²) in [6.07, 6.45) is 1.94. The fourth-order valence-electron chi connectivity index (χ4n) is 6.20. The van der Waals surface area contributed by atoms with Crippen LogP contribution in [-0.2, 0) is 24.4 Å². The number of aromatic carboxylic acids is 1. The van der Waals surface area contributed by atoms with Crippen LogP contribution in [0, 0.1) is 5.92 Å². The Morgan fingerprint density at radius 2 is 1.84 bits per heavy atom. The van der Waals surface area contributed by atoms with E-state index in [9.17, 15) is 32.7 Å². The Balaban J connectivity index is 1.29. The summed E-state index contributed by atoms with van der Waals surface area (Å²) in [5, 5.41) is 16.5. The van der Waals surface area contributed by atoms with Gasteiger partial charge >= 0.3 is 5.97 Å². The first-order chi connectivity index (χ1) is 24.1. The van der Waals surface area contributed by atoms with E-state index < -0.39 is 62.7 Å². The molecule has 0 radical (unpaired) electrons. The molecular weight excluding hydrogens is 817 g/mol. The molecule has 3 amide bonds. The largest absolute Gasteiger partial charge is 0.494 e. The maximum absolute atomic E-state index is 14.4. The summed E-state index contributed by atoms with van der Waals surface area (Å²) in [5.41, 5.74) is -1.03. The molecule has 3 aliphatic rings. The smallest absolute Gasteiger partial charge is 0.335 e. The van der Waals surface area contributed by atoms with Crippen molar-refractivity contribution >= 4 is 84.4 Å². The van der Waals surface area contributed by atoms with Gasteiger partial charge in [0.25, 0.3) is 5.91 Å². The fourth-order valence-corrected chi connectivity index (χ4v) is 8.87. The number of nitrogens with zero attached hydrogens (tertiary/aromatic N) is 2. The van der Waals surface area contributed by atoms with Gasteiger partial charge in [-0.25, -0.2) is 18.2 Å². The molecule has 0 spiro atoms. The summed E-state index contributed by atoms with van der Waals surface area (Å²) in [6, 6.07) is 9.22. The molecule has 14 nitrogen and oxygen atoms in total. The van der Waals surface area contributed by atoms with Crippen molar-refractivity contribution in [1.82, 2.24) is 19.9 Å². The molecule has 2 aliphatic carbocycles. The maximum Gasteiger partial charge on any atom is 0.335 e. The third-order valence-electron chi connectivity index (χ3n) is 9.31. The lowest BCUT2D eigenvalue weighted by molar-refractivity contribution is -0.140. The molecule has 51 heavy (non-hydrogen) atoms. The molecule has 0 unspecified atom stereocenters. The van der Waals surface area contributed by atoms with Crippen molar-refractivity contribution in [3.05, 3.63) is 59.2 Å². The number of methoxy groups -OCH3 is 1. The van der Waals surface area contributed by atoms with Crippen LogP contribution in [0.25, 0.3) is 10.8 Å². The van der Waals surface area contributed by atoms with Crippen molar-refractivity contribution in [2.24, 2.45) is 5.92 Å². The first-order valence-electron chi connectivity index (χ1n) is 16.3. The first-order valence-corrected chi connectivity index (χ1v) is 19.5. The lowest BCUT2D eigenvalue weighted by atomic mass is 10.0. The van der Waals surface area contributed by atoms with E-state index in [0.717, 1.165) is 0 Å². The number of aromatic nitrogens is 1. The van der Waals surface area contributed by atoms with Crippen LogP contribution >= 0.6 is 34.2 Å². The van der Waals surface area contributed by atoms with Gasteiger partial charge in [0.1, 0.15) is 29.5 Å². The second-order valence-electron chi connectivity index (χ2n) is 13.4. The zero-order valence-electron chi connectivity index (χ0n) is 27.9. The number of benzene rings is 2. The second-order valence-corrected chi connectivity index (χ2v) is 17.3. The van der Waals surface area contributed by atoms with E-state index in [1.807, 2.05) is 36.4 Å². The highest BCUT2D eigenvalue weighted by molar-refractivity contribution is 14.1. The number of likely N-dealkylation sites (tertiary alicyclic amines) is 1. The average Bonchev–Trinajstić information content (AvgIpc) is 4.00. The summed E-state index contributed by atoms with van der Waals surface area (Å²) in [7, 11) is -2.35. The summed E-state index contributed by atoms with van der Waals surface area (Å²) >= 11 is 8.32. The molecule has 4 N–H and O–H groups in total. The summed E-state index contributed by atoms with van der Waals surface area (Å²) in [6.45, 7) is 3.60. The lowest BCUT2D eigenvalue weighted by Crippen LogP contribution is -2.58. The zero-order chi connectivity index (χ0) is 36.8. The van der Waals surface area contributed by atoms with Gasteiger partial charge in [-0.2, -0.15) is 0 Å². The molecule has 3 aromatic rings. The van der Waals surface area contributed by atoms with Gasteiger partial charge in [0.2, 0.25) is 27.7 Å². The number of rotatable bonds is 13. The SMILES string of the molecule is COc1cnc(O[C@@H]2C[C@@H](C(=O)N[C@]3(C(=O)NS(=O)(=O)C4CC4)C[C@H]3I)N(C(=O)[C@@H](Nc3cccc(C(=O)O)c3)C(C)C)C2)c2cc(Cl)ccc12. The number of carboxylic acid groups (broad SMARTS) is 1. The Morgan fingerprint density at radius 1 is 1.12 bits per heavy atom. The number of pyridine rings is 1. The van der Waals surface area contributed by atoms with Crippen LogP contribution in [0.5, 0.6) is 11.6 Å². The minimum Gasteiger partial charge on any atom is -0.494 e. The highest BCUT2D eigenvalue weighted by atomic mass is 127. The van der Waals surface area contributed by atoms with Crippen molar-refractivity contribution in [3.8, 4) is 11.6 Å². The van der Waals surface area contributed by atoms with Crippen LogP contribution in [0.3, 0.4) is 0 Å². The van der Waals surface area contributed by atoms with E-state index in [2.05, 4.69) is 20.3 Å². The molecule has 272 valence electrons. The number of anilines is 1. The van der Waals surface area contributed by atoms with E-state index in [0.29, 0.717) is 40.1 Å². The molecule has 1 saturated heterocycles. The number of halogens is 2. The number of fused-ring (bicyclic) bond motifs is 1. The van der Waals surface area contributed by atoms with Gasteiger partial charge in [-0.15, -0.1) is 0 Å². The Bertz CT molecular complexity index is 2010. The molecule has 3 fully saturated rings. The van der Waals surface area contributed by atoms with Crippen LogP contribution in [0.4, 0.5) is 5.69 Å². The van der Waals surface area contributed by atoms with Crippen LogP contribution in [0.15, 0.2) is 48.7 Å². The molecule has 0 bridgehead atoms. The number of carboxylic acids is 1. The number of ether oxygens (including phenoxy) is 2. The van der Waals surface area contributed by atoms with Crippen molar-refractivity contribution in [2.75, 3.05) is 19.0 Å². The molecule has 2 saturated carbocycles. The monoisotopic (exact) mass is 853 g/mol. The molecular formula is C34H37ClIN5O9S. The van der Waals surface area contributed by atoms with Crippen LogP contribution in [0.2, 0.25) is 5.02 Å². The standard InChI is InChI=1S/C34H37ClIN5O9S/c1-17(2)28(38-20-6-4-5-18(11-20)32(44)45)31(43)41-16-21(50-30-24-12-19(35)7-10-23(24)26(49-3)15-37-30)13-25(41)29(42)39-34(14-27(34)36)33(46)40-51(47,48)22-8-9-22/h4-7,10-12,15,17,21-22,25,27-28,38H,8-9,13-14,16H2,1-3H3,(H,39,42)(H,40,46)(H,44,45)/t21-,25+,27-,28+,34-/m1/s1. The Labute approximate surface area is 313 Å². The molecule has 1 aromatic heterocycles. The van der Waals surface area contributed by atoms with Gasteiger partial charge in [0, 0.05) is 31.8 Å². The molecule has 2 heterocycles.